The molecule has 4 atom stereocenters. The summed E-state index contributed by atoms with van der Waals surface area (Å²) in [6, 6.07) is 16.8. The predicted molar refractivity (Wildman–Crippen MR) is 163 cm³/mol. The maximum atomic E-state index is 13.6. The summed E-state index contributed by atoms with van der Waals surface area (Å²) in [6.45, 7) is 9.19. The molecule has 1 aliphatic heterocycles. The van der Waals surface area contributed by atoms with Crippen molar-refractivity contribution >= 4 is 23.7 Å². The van der Waals surface area contributed by atoms with E-state index in [-0.39, 0.29) is 36.7 Å². The van der Waals surface area contributed by atoms with Gasteiger partial charge in [-0.2, -0.15) is 0 Å². The topological polar surface area (TPSA) is 117 Å². The van der Waals surface area contributed by atoms with Crippen molar-refractivity contribution in [3.63, 3.8) is 0 Å². The summed E-state index contributed by atoms with van der Waals surface area (Å²) in [5.41, 5.74) is 1.75. The Morgan fingerprint density at radius 3 is 2.19 bits per heavy atom. The molecule has 3 rings (SSSR count). The first-order valence-corrected chi connectivity index (χ1v) is 15.0. The standard InChI is InChI=1S/C33H46N4O5/c1-5-24(4)30(32(40)34-20-23(2)3)36-31(39)28-17-12-18-37(28)21-29(38)27(19-25-13-8-6-9-14-25)35-33(41)42-22-26-15-10-7-11-16-26/h6-11,13-16,23-24,27-28,30H,5,12,17-22H2,1-4H3,(H,34,40)(H,35,41)(H,36,39)/t24?,27-,28-,30-/m0/s1. The Balaban J connectivity index is 1.66. The van der Waals surface area contributed by atoms with Crippen LogP contribution in [-0.2, 0) is 32.1 Å². The van der Waals surface area contributed by atoms with Gasteiger partial charge in [0.15, 0.2) is 5.78 Å². The Kier molecular flexibility index (Phi) is 13.0. The smallest absolute Gasteiger partial charge is 0.408 e. The Labute approximate surface area is 249 Å². The lowest BCUT2D eigenvalue weighted by molar-refractivity contribution is -0.133. The van der Waals surface area contributed by atoms with Crippen molar-refractivity contribution in [3.05, 3.63) is 71.8 Å². The van der Waals surface area contributed by atoms with Crippen LogP contribution in [0.1, 0.15) is 58.1 Å². The SMILES string of the molecule is CCC(C)[C@H](NC(=O)[C@@H]1CCCN1CC(=O)[C@H](Cc1ccccc1)NC(=O)OCc1ccccc1)C(=O)NCC(C)C. The molecule has 1 unspecified atom stereocenters. The van der Waals surface area contributed by atoms with Gasteiger partial charge in [0, 0.05) is 6.54 Å². The van der Waals surface area contributed by atoms with E-state index in [1.54, 1.807) is 0 Å². The van der Waals surface area contributed by atoms with Crippen molar-refractivity contribution in [1.29, 1.82) is 0 Å². The fraction of sp³-hybridized carbons (Fsp3) is 0.515. The molecule has 0 aliphatic carbocycles. The Morgan fingerprint density at radius 1 is 0.929 bits per heavy atom. The van der Waals surface area contributed by atoms with Crippen LogP contribution in [0.25, 0.3) is 0 Å². The van der Waals surface area contributed by atoms with Crippen LogP contribution in [0, 0.1) is 11.8 Å². The molecule has 0 saturated carbocycles. The monoisotopic (exact) mass is 578 g/mol. The van der Waals surface area contributed by atoms with Crippen LogP contribution in [0.2, 0.25) is 0 Å². The van der Waals surface area contributed by atoms with E-state index < -0.39 is 24.2 Å². The number of likely N-dealkylation sites (tertiary alicyclic amines) is 1. The highest BCUT2D eigenvalue weighted by molar-refractivity contribution is 5.92. The lowest BCUT2D eigenvalue weighted by Gasteiger charge is -2.29. The van der Waals surface area contributed by atoms with E-state index in [1.165, 1.54) is 0 Å². The number of hydrogen-bond acceptors (Lipinski definition) is 6. The number of hydrogen-bond donors (Lipinski definition) is 3. The third-order valence-electron chi connectivity index (χ3n) is 7.68. The molecule has 1 aliphatic rings. The molecule has 3 N–H and O–H groups in total. The number of ether oxygens (including phenoxy) is 1. The van der Waals surface area contributed by atoms with Crippen molar-refractivity contribution in [2.75, 3.05) is 19.6 Å². The second-order valence-corrected chi connectivity index (χ2v) is 11.6. The highest BCUT2D eigenvalue weighted by atomic mass is 16.5. The average Bonchev–Trinajstić information content (AvgIpc) is 3.46. The first-order valence-electron chi connectivity index (χ1n) is 15.0. The van der Waals surface area contributed by atoms with Crippen LogP contribution in [-0.4, -0.2) is 66.4 Å². The van der Waals surface area contributed by atoms with E-state index in [2.05, 4.69) is 16.0 Å². The van der Waals surface area contributed by atoms with Gasteiger partial charge in [0.1, 0.15) is 12.6 Å². The Bertz CT molecular complexity index is 1160. The number of amides is 3. The number of nitrogens with one attached hydrogen (secondary N) is 3. The maximum absolute atomic E-state index is 13.6. The summed E-state index contributed by atoms with van der Waals surface area (Å²) in [5.74, 6) is -0.387. The van der Waals surface area contributed by atoms with Crippen LogP contribution in [0.5, 0.6) is 0 Å². The molecule has 0 aromatic heterocycles. The second-order valence-electron chi connectivity index (χ2n) is 11.6. The molecule has 1 heterocycles. The first kappa shape index (κ1) is 32.8. The number of rotatable bonds is 15. The van der Waals surface area contributed by atoms with Crippen molar-refractivity contribution in [2.24, 2.45) is 11.8 Å². The van der Waals surface area contributed by atoms with Crippen LogP contribution < -0.4 is 16.0 Å². The molecule has 0 bridgehead atoms. The lowest BCUT2D eigenvalue weighted by atomic mass is 9.97. The molecule has 0 spiro atoms. The van der Waals surface area contributed by atoms with Crippen LogP contribution in [0.3, 0.4) is 0 Å². The third-order valence-corrected chi connectivity index (χ3v) is 7.68. The van der Waals surface area contributed by atoms with Gasteiger partial charge in [-0.3, -0.25) is 19.3 Å². The van der Waals surface area contributed by atoms with E-state index >= 15 is 0 Å². The maximum Gasteiger partial charge on any atom is 0.408 e. The van der Waals surface area contributed by atoms with Gasteiger partial charge >= 0.3 is 6.09 Å². The zero-order valence-electron chi connectivity index (χ0n) is 25.3. The van der Waals surface area contributed by atoms with Gasteiger partial charge in [-0.05, 0) is 48.8 Å². The fourth-order valence-corrected chi connectivity index (χ4v) is 4.99. The summed E-state index contributed by atoms with van der Waals surface area (Å²) in [5, 5.41) is 8.67. The second kappa shape index (κ2) is 16.7. The average molecular weight is 579 g/mol. The number of alkyl carbamates (subject to hydrolysis) is 1. The van der Waals surface area contributed by atoms with Crippen molar-refractivity contribution < 1.29 is 23.9 Å². The number of ketones is 1. The quantitative estimate of drug-likeness (QED) is 0.296. The predicted octanol–water partition coefficient (Wildman–Crippen LogP) is 3.86. The molecule has 2 aromatic carbocycles. The van der Waals surface area contributed by atoms with Gasteiger partial charge in [0.2, 0.25) is 11.8 Å². The molecule has 1 saturated heterocycles. The molecule has 9 heteroatoms. The number of nitrogens with zero attached hydrogens (tertiary/aromatic N) is 1. The largest absolute Gasteiger partial charge is 0.445 e. The third kappa shape index (κ3) is 10.3. The highest BCUT2D eigenvalue weighted by Crippen LogP contribution is 2.19. The molecular formula is C33H46N4O5. The molecule has 9 nitrogen and oxygen atoms in total. The summed E-state index contributed by atoms with van der Waals surface area (Å²) in [7, 11) is 0. The molecule has 1 fully saturated rings. The van der Waals surface area contributed by atoms with Crippen LogP contribution >= 0.6 is 0 Å². The van der Waals surface area contributed by atoms with Gasteiger partial charge in [0.05, 0.1) is 18.6 Å². The molecule has 228 valence electrons. The molecular weight excluding hydrogens is 532 g/mol. The Morgan fingerprint density at radius 2 is 1.57 bits per heavy atom. The first-order chi connectivity index (χ1) is 20.2. The van der Waals surface area contributed by atoms with Crippen molar-refractivity contribution in [1.82, 2.24) is 20.9 Å². The summed E-state index contributed by atoms with van der Waals surface area (Å²) < 4.78 is 5.39. The van der Waals surface area contributed by atoms with E-state index in [1.807, 2.05) is 93.3 Å². The number of Topliss-reactive ketones (excluding diaryl/α,β-unsaturated/α-hetero) is 1. The fourth-order valence-electron chi connectivity index (χ4n) is 4.99. The summed E-state index contributed by atoms with van der Waals surface area (Å²) >= 11 is 0. The number of benzene rings is 2. The molecule has 2 aromatic rings. The van der Waals surface area contributed by atoms with Crippen molar-refractivity contribution in [3.8, 4) is 0 Å². The normalized spacial score (nSPS) is 17.2. The molecule has 3 amide bonds. The van der Waals surface area contributed by atoms with Crippen LogP contribution in [0.4, 0.5) is 4.79 Å². The highest BCUT2D eigenvalue weighted by Gasteiger charge is 2.36. The van der Waals surface area contributed by atoms with Gasteiger partial charge in [-0.15, -0.1) is 0 Å². The minimum absolute atomic E-state index is 0.00208. The minimum Gasteiger partial charge on any atom is -0.445 e. The summed E-state index contributed by atoms with van der Waals surface area (Å²) in [6.07, 6.45) is 1.72. The van der Waals surface area contributed by atoms with Crippen LogP contribution in [0.15, 0.2) is 60.7 Å². The number of carbonyl (C=O) groups excluding carboxylic acids is 4. The Hall–Kier alpha value is -3.72. The molecule has 0 radical (unpaired) electrons. The zero-order valence-corrected chi connectivity index (χ0v) is 25.3. The van der Waals surface area contributed by atoms with E-state index in [9.17, 15) is 19.2 Å². The van der Waals surface area contributed by atoms with E-state index in [0.717, 1.165) is 24.0 Å². The van der Waals surface area contributed by atoms with E-state index in [0.29, 0.717) is 31.8 Å². The summed E-state index contributed by atoms with van der Waals surface area (Å²) in [4.78, 5) is 54.5. The van der Waals surface area contributed by atoms with Gasteiger partial charge < -0.3 is 20.7 Å². The zero-order chi connectivity index (χ0) is 30.5. The lowest BCUT2D eigenvalue weighted by Crippen LogP contribution is -2.56. The minimum atomic E-state index is -0.824. The van der Waals surface area contributed by atoms with Crippen molar-refractivity contribution in [2.45, 2.75) is 78.1 Å². The number of carbonyl (C=O) groups is 4. The van der Waals surface area contributed by atoms with Gasteiger partial charge in [-0.1, -0.05) is 94.8 Å². The van der Waals surface area contributed by atoms with Gasteiger partial charge in [-0.25, -0.2) is 4.79 Å². The molecule has 42 heavy (non-hydrogen) atoms. The van der Waals surface area contributed by atoms with E-state index in [4.69, 9.17) is 4.74 Å². The van der Waals surface area contributed by atoms with Gasteiger partial charge in [0.25, 0.3) is 0 Å².